The Morgan fingerprint density at radius 3 is 3.10 bits per heavy atom. The van der Waals surface area contributed by atoms with Gasteiger partial charge in [-0.1, -0.05) is 6.92 Å². The highest BCUT2D eigenvalue weighted by Crippen LogP contribution is 2.36. The first-order valence-electron chi connectivity index (χ1n) is 7.28. The first kappa shape index (κ1) is 14.0. The van der Waals surface area contributed by atoms with E-state index in [0.717, 1.165) is 42.7 Å². The summed E-state index contributed by atoms with van der Waals surface area (Å²) in [6, 6.07) is 7.50. The van der Waals surface area contributed by atoms with E-state index in [4.69, 9.17) is 4.74 Å². The maximum Gasteiger partial charge on any atom is 0.123 e. The summed E-state index contributed by atoms with van der Waals surface area (Å²) in [7, 11) is 0. The zero-order valence-electron chi connectivity index (χ0n) is 11.7. The van der Waals surface area contributed by atoms with Gasteiger partial charge in [0.05, 0.1) is 6.61 Å². The van der Waals surface area contributed by atoms with Crippen molar-refractivity contribution in [3.05, 3.63) is 35.0 Å². The van der Waals surface area contributed by atoms with Crippen LogP contribution in [0, 0.1) is 11.7 Å². The SMILES string of the molecule is CCCNC(c1cc2cc(F)ccc2s1)C1CCOC1. The van der Waals surface area contributed by atoms with Gasteiger partial charge in [-0.2, -0.15) is 0 Å². The number of fused-ring (bicyclic) bond motifs is 1. The quantitative estimate of drug-likeness (QED) is 0.895. The van der Waals surface area contributed by atoms with Crippen molar-refractivity contribution < 1.29 is 9.13 Å². The van der Waals surface area contributed by atoms with Crippen molar-refractivity contribution >= 4 is 21.4 Å². The number of benzene rings is 1. The molecule has 0 radical (unpaired) electrons. The van der Waals surface area contributed by atoms with Crippen LogP contribution in [0.25, 0.3) is 10.1 Å². The van der Waals surface area contributed by atoms with Gasteiger partial charge in [0.15, 0.2) is 0 Å². The van der Waals surface area contributed by atoms with Crippen LogP contribution < -0.4 is 5.32 Å². The van der Waals surface area contributed by atoms with Gasteiger partial charge >= 0.3 is 0 Å². The minimum atomic E-state index is -0.163. The monoisotopic (exact) mass is 293 g/mol. The molecule has 0 bridgehead atoms. The number of hydrogen-bond donors (Lipinski definition) is 1. The lowest BCUT2D eigenvalue weighted by Crippen LogP contribution is -2.28. The Bertz CT molecular complexity index is 577. The molecule has 1 aromatic carbocycles. The second kappa shape index (κ2) is 6.20. The molecule has 2 heterocycles. The van der Waals surface area contributed by atoms with Gasteiger partial charge in [0.25, 0.3) is 0 Å². The fraction of sp³-hybridized carbons (Fsp3) is 0.500. The largest absolute Gasteiger partial charge is 0.381 e. The first-order valence-corrected chi connectivity index (χ1v) is 8.09. The molecule has 2 unspecified atom stereocenters. The smallest absolute Gasteiger partial charge is 0.123 e. The molecule has 0 amide bonds. The van der Waals surface area contributed by atoms with Gasteiger partial charge in [-0.25, -0.2) is 4.39 Å². The summed E-state index contributed by atoms with van der Waals surface area (Å²) >= 11 is 1.77. The molecule has 20 heavy (non-hydrogen) atoms. The third kappa shape index (κ3) is 2.87. The second-order valence-corrected chi connectivity index (χ2v) is 6.50. The summed E-state index contributed by atoms with van der Waals surface area (Å²) in [5.41, 5.74) is 0. The molecule has 0 aliphatic carbocycles. The van der Waals surface area contributed by atoms with E-state index in [2.05, 4.69) is 18.3 Å². The minimum Gasteiger partial charge on any atom is -0.381 e. The van der Waals surface area contributed by atoms with E-state index in [9.17, 15) is 4.39 Å². The summed E-state index contributed by atoms with van der Waals surface area (Å²) in [5, 5.41) is 4.65. The van der Waals surface area contributed by atoms with Gasteiger partial charge in [0.1, 0.15) is 5.82 Å². The van der Waals surface area contributed by atoms with Crippen molar-refractivity contribution in [2.45, 2.75) is 25.8 Å². The summed E-state index contributed by atoms with van der Waals surface area (Å²) in [5.74, 6) is 0.364. The molecule has 0 saturated carbocycles. The topological polar surface area (TPSA) is 21.3 Å². The van der Waals surface area contributed by atoms with E-state index < -0.39 is 0 Å². The average molecular weight is 293 g/mol. The van der Waals surface area contributed by atoms with Crippen LogP contribution in [0.2, 0.25) is 0 Å². The standard InChI is InChI=1S/C16H20FNOS/c1-2-6-18-16(11-5-7-19-10-11)15-9-12-8-13(17)3-4-14(12)20-15/h3-4,8-9,11,16,18H,2,5-7,10H2,1H3. The lowest BCUT2D eigenvalue weighted by molar-refractivity contribution is 0.177. The zero-order chi connectivity index (χ0) is 13.9. The zero-order valence-corrected chi connectivity index (χ0v) is 12.5. The molecule has 2 aromatic rings. The summed E-state index contributed by atoms with van der Waals surface area (Å²) in [6.07, 6.45) is 2.22. The minimum absolute atomic E-state index is 0.163. The van der Waals surface area contributed by atoms with Crippen molar-refractivity contribution in [2.24, 2.45) is 5.92 Å². The highest BCUT2D eigenvalue weighted by molar-refractivity contribution is 7.19. The number of rotatable bonds is 5. The Labute approximate surface area is 122 Å². The molecule has 1 aliphatic rings. The fourth-order valence-corrected chi connectivity index (χ4v) is 4.02. The Morgan fingerprint density at radius 1 is 1.45 bits per heavy atom. The number of thiophene rings is 1. The van der Waals surface area contributed by atoms with Gasteiger partial charge in [0.2, 0.25) is 0 Å². The molecule has 1 aromatic heterocycles. The van der Waals surface area contributed by atoms with E-state index in [1.54, 1.807) is 17.4 Å². The Kier molecular flexibility index (Phi) is 4.34. The van der Waals surface area contributed by atoms with Crippen molar-refractivity contribution in [1.82, 2.24) is 5.32 Å². The van der Waals surface area contributed by atoms with Crippen LogP contribution in [0.5, 0.6) is 0 Å². The molecule has 2 nitrogen and oxygen atoms in total. The van der Waals surface area contributed by atoms with Crippen molar-refractivity contribution in [2.75, 3.05) is 19.8 Å². The number of halogens is 1. The van der Waals surface area contributed by atoms with E-state index >= 15 is 0 Å². The lowest BCUT2D eigenvalue weighted by atomic mass is 9.97. The van der Waals surface area contributed by atoms with Crippen LogP contribution in [-0.4, -0.2) is 19.8 Å². The predicted octanol–water partition coefficient (Wildman–Crippen LogP) is 4.12. The Balaban J connectivity index is 1.90. The summed E-state index contributed by atoms with van der Waals surface area (Å²) in [4.78, 5) is 1.30. The molecule has 4 heteroatoms. The van der Waals surface area contributed by atoms with E-state index in [1.807, 2.05) is 6.07 Å². The fourth-order valence-electron chi connectivity index (χ4n) is 2.80. The van der Waals surface area contributed by atoms with E-state index in [-0.39, 0.29) is 5.82 Å². The average Bonchev–Trinajstić information content (AvgIpc) is 3.08. The molecule has 2 atom stereocenters. The van der Waals surface area contributed by atoms with Gasteiger partial charge in [0, 0.05) is 28.1 Å². The van der Waals surface area contributed by atoms with Crippen molar-refractivity contribution in [3.8, 4) is 0 Å². The van der Waals surface area contributed by atoms with Gasteiger partial charge in [-0.15, -0.1) is 11.3 Å². The second-order valence-electron chi connectivity index (χ2n) is 5.39. The van der Waals surface area contributed by atoms with Crippen molar-refractivity contribution in [1.29, 1.82) is 0 Å². The summed E-state index contributed by atoms with van der Waals surface area (Å²) in [6.45, 7) is 4.86. The predicted molar refractivity (Wildman–Crippen MR) is 81.7 cm³/mol. The molecule has 1 N–H and O–H groups in total. The van der Waals surface area contributed by atoms with Crippen LogP contribution in [0.1, 0.15) is 30.7 Å². The van der Waals surface area contributed by atoms with Crippen LogP contribution in [0.15, 0.2) is 24.3 Å². The maximum absolute atomic E-state index is 13.3. The molecule has 0 spiro atoms. The molecule has 1 fully saturated rings. The molecule has 1 saturated heterocycles. The first-order chi connectivity index (χ1) is 9.78. The van der Waals surface area contributed by atoms with Crippen LogP contribution >= 0.6 is 11.3 Å². The molecular weight excluding hydrogens is 273 g/mol. The number of hydrogen-bond acceptors (Lipinski definition) is 3. The highest BCUT2D eigenvalue weighted by Gasteiger charge is 2.27. The number of nitrogens with one attached hydrogen (secondary N) is 1. The van der Waals surface area contributed by atoms with Crippen LogP contribution in [0.3, 0.4) is 0 Å². The third-order valence-electron chi connectivity index (χ3n) is 3.85. The summed E-state index contributed by atoms with van der Waals surface area (Å²) < 4.78 is 20.0. The lowest BCUT2D eigenvalue weighted by Gasteiger charge is -2.22. The van der Waals surface area contributed by atoms with Crippen LogP contribution in [0.4, 0.5) is 4.39 Å². The molecular formula is C16H20FNOS. The van der Waals surface area contributed by atoms with Crippen LogP contribution in [-0.2, 0) is 4.74 Å². The Morgan fingerprint density at radius 2 is 2.35 bits per heavy atom. The van der Waals surface area contributed by atoms with E-state index in [1.165, 1.54) is 10.9 Å². The maximum atomic E-state index is 13.3. The normalized spacial score (nSPS) is 20.6. The van der Waals surface area contributed by atoms with Gasteiger partial charge in [-0.3, -0.25) is 0 Å². The van der Waals surface area contributed by atoms with Gasteiger partial charge < -0.3 is 10.1 Å². The molecule has 108 valence electrons. The van der Waals surface area contributed by atoms with Crippen molar-refractivity contribution in [3.63, 3.8) is 0 Å². The Hall–Kier alpha value is -0.970. The molecule has 1 aliphatic heterocycles. The van der Waals surface area contributed by atoms with E-state index in [0.29, 0.717) is 12.0 Å². The highest BCUT2D eigenvalue weighted by atomic mass is 32.1. The number of ether oxygens (including phenoxy) is 1. The molecule has 3 rings (SSSR count). The third-order valence-corrected chi connectivity index (χ3v) is 5.05. The van der Waals surface area contributed by atoms with Gasteiger partial charge in [-0.05, 0) is 49.0 Å².